The standard InChI is InChI=1S/C12H12BrClN2O3S/c1-2-16-8-15-6-10(16)7-19-11-4-3-9(13)5-12(11)20(14,17)18/h3-6,8H,2,7H2,1H3. The Hall–Kier alpha value is -1.05. The topological polar surface area (TPSA) is 61.2 Å². The van der Waals surface area contributed by atoms with Gasteiger partial charge in [-0.25, -0.2) is 13.4 Å². The van der Waals surface area contributed by atoms with Gasteiger partial charge in [-0.3, -0.25) is 0 Å². The number of hydrogen-bond acceptors (Lipinski definition) is 4. The third-order valence-electron chi connectivity index (χ3n) is 2.68. The van der Waals surface area contributed by atoms with E-state index in [4.69, 9.17) is 15.4 Å². The molecule has 0 fully saturated rings. The van der Waals surface area contributed by atoms with E-state index in [0.717, 1.165) is 12.2 Å². The largest absolute Gasteiger partial charge is 0.486 e. The van der Waals surface area contributed by atoms with Crippen LogP contribution in [0.4, 0.5) is 0 Å². The Kier molecular flexibility index (Phi) is 4.72. The van der Waals surface area contributed by atoms with E-state index in [-0.39, 0.29) is 17.3 Å². The van der Waals surface area contributed by atoms with Gasteiger partial charge in [-0.1, -0.05) is 15.9 Å². The molecule has 5 nitrogen and oxygen atoms in total. The average Bonchev–Trinajstić information content (AvgIpc) is 2.83. The molecule has 0 unspecified atom stereocenters. The van der Waals surface area contributed by atoms with Crippen LogP contribution in [0.1, 0.15) is 12.6 Å². The highest BCUT2D eigenvalue weighted by Crippen LogP contribution is 2.30. The van der Waals surface area contributed by atoms with Crippen LogP contribution in [0.2, 0.25) is 0 Å². The normalized spacial score (nSPS) is 11.6. The molecule has 0 aliphatic rings. The van der Waals surface area contributed by atoms with E-state index in [2.05, 4.69) is 20.9 Å². The minimum atomic E-state index is -3.87. The summed E-state index contributed by atoms with van der Waals surface area (Å²) in [6.45, 7) is 2.97. The van der Waals surface area contributed by atoms with Crippen molar-refractivity contribution < 1.29 is 13.2 Å². The zero-order chi connectivity index (χ0) is 14.8. The van der Waals surface area contributed by atoms with Gasteiger partial charge in [0, 0.05) is 21.7 Å². The number of rotatable bonds is 5. The first-order valence-corrected chi connectivity index (χ1v) is 8.88. The summed E-state index contributed by atoms with van der Waals surface area (Å²) in [7, 11) is 1.54. The summed E-state index contributed by atoms with van der Waals surface area (Å²) in [5.41, 5.74) is 0.855. The number of aromatic nitrogens is 2. The van der Waals surface area contributed by atoms with E-state index in [1.54, 1.807) is 24.7 Å². The van der Waals surface area contributed by atoms with Crippen LogP contribution in [-0.4, -0.2) is 18.0 Å². The lowest BCUT2D eigenvalue weighted by Crippen LogP contribution is -2.05. The summed E-state index contributed by atoms with van der Waals surface area (Å²) in [5.74, 6) is 0.215. The third-order valence-corrected chi connectivity index (χ3v) is 4.52. The minimum Gasteiger partial charge on any atom is -0.486 e. The molecule has 0 spiro atoms. The number of imidazole rings is 1. The van der Waals surface area contributed by atoms with Crippen molar-refractivity contribution in [3.8, 4) is 5.75 Å². The van der Waals surface area contributed by atoms with Crippen molar-refractivity contribution in [2.75, 3.05) is 0 Å². The molecule has 0 aliphatic carbocycles. The van der Waals surface area contributed by atoms with Crippen molar-refractivity contribution in [2.45, 2.75) is 25.0 Å². The second kappa shape index (κ2) is 6.15. The first kappa shape index (κ1) is 15.3. The summed E-state index contributed by atoms with van der Waals surface area (Å²) >= 11 is 3.21. The summed E-state index contributed by atoms with van der Waals surface area (Å²) < 4.78 is 31.2. The second-order valence-corrected chi connectivity index (χ2v) is 7.44. The molecule has 0 aliphatic heterocycles. The van der Waals surface area contributed by atoms with Crippen molar-refractivity contribution in [1.82, 2.24) is 9.55 Å². The molecule has 2 aromatic rings. The lowest BCUT2D eigenvalue weighted by atomic mass is 10.3. The van der Waals surface area contributed by atoms with Crippen molar-refractivity contribution in [1.29, 1.82) is 0 Å². The van der Waals surface area contributed by atoms with E-state index >= 15 is 0 Å². The first-order valence-electron chi connectivity index (χ1n) is 5.78. The Balaban J connectivity index is 2.26. The molecule has 108 valence electrons. The summed E-state index contributed by atoms with van der Waals surface area (Å²) in [6.07, 6.45) is 3.37. The van der Waals surface area contributed by atoms with Crippen molar-refractivity contribution in [3.63, 3.8) is 0 Å². The second-order valence-electron chi connectivity index (χ2n) is 3.99. The number of ether oxygens (including phenoxy) is 1. The van der Waals surface area contributed by atoms with Gasteiger partial charge in [0.25, 0.3) is 9.05 Å². The highest BCUT2D eigenvalue weighted by atomic mass is 79.9. The molecule has 0 amide bonds. The molecule has 8 heteroatoms. The maximum absolute atomic E-state index is 11.5. The summed E-state index contributed by atoms with van der Waals surface area (Å²) in [6, 6.07) is 4.67. The molecule has 0 saturated heterocycles. The maximum Gasteiger partial charge on any atom is 0.265 e. The Bertz CT molecular complexity index is 715. The Labute approximate surface area is 130 Å². The highest BCUT2D eigenvalue weighted by molar-refractivity contribution is 9.10. The molecular weight excluding hydrogens is 368 g/mol. The molecular formula is C12H12BrClN2O3S. The van der Waals surface area contributed by atoms with Crippen LogP contribution >= 0.6 is 26.6 Å². The minimum absolute atomic E-state index is 0.0592. The Morgan fingerprint density at radius 2 is 2.20 bits per heavy atom. The van der Waals surface area contributed by atoms with Gasteiger partial charge in [0.1, 0.15) is 17.3 Å². The molecule has 0 bridgehead atoms. The van der Waals surface area contributed by atoms with Crippen molar-refractivity contribution in [3.05, 3.63) is 40.9 Å². The van der Waals surface area contributed by atoms with Gasteiger partial charge in [-0.05, 0) is 25.1 Å². The number of benzene rings is 1. The molecule has 20 heavy (non-hydrogen) atoms. The number of nitrogens with zero attached hydrogens (tertiary/aromatic N) is 2. The fourth-order valence-corrected chi connectivity index (χ4v) is 3.21. The van der Waals surface area contributed by atoms with Crippen LogP contribution in [0, 0.1) is 0 Å². The van der Waals surface area contributed by atoms with E-state index in [9.17, 15) is 8.42 Å². The molecule has 1 heterocycles. The molecule has 0 saturated carbocycles. The van der Waals surface area contributed by atoms with Gasteiger partial charge < -0.3 is 9.30 Å². The number of hydrogen-bond donors (Lipinski definition) is 0. The summed E-state index contributed by atoms with van der Waals surface area (Å²) in [4.78, 5) is 3.96. The van der Waals surface area contributed by atoms with E-state index in [0.29, 0.717) is 4.47 Å². The average molecular weight is 380 g/mol. The quantitative estimate of drug-likeness (QED) is 0.749. The van der Waals surface area contributed by atoms with Crippen LogP contribution in [0.3, 0.4) is 0 Å². The number of aryl methyl sites for hydroxylation is 1. The molecule has 2 rings (SSSR count). The number of halogens is 2. The van der Waals surface area contributed by atoms with E-state index in [1.165, 1.54) is 6.07 Å². The fourth-order valence-electron chi connectivity index (χ4n) is 1.70. The van der Waals surface area contributed by atoms with Crippen LogP contribution < -0.4 is 4.74 Å². The zero-order valence-electron chi connectivity index (χ0n) is 10.6. The van der Waals surface area contributed by atoms with E-state index < -0.39 is 9.05 Å². The predicted molar refractivity (Wildman–Crippen MR) is 79.4 cm³/mol. The van der Waals surface area contributed by atoms with Gasteiger partial charge in [-0.15, -0.1) is 0 Å². The Morgan fingerprint density at radius 3 is 2.85 bits per heavy atom. The van der Waals surface area contributed by atoms with Crippen molar-refractivity contribution in [2.24, 2.45) is 0 Å². The van der Waals surface area contributed by atoms with Gasteiger partial charge in [0.15, 0.2) is 0 Å². The SMILES string of the molecule is CCn1cncc1COc1ccc(Br)cc1S(=O)(=O)Cl. The maximum atomic E-state index is 11.5. The predicted octanol–water partition coefficient (Wildman–Crippen LogP) is 3.17. The summed E-state index contributed by atoms with van der Waals surface area (Å²) in [5, 5.41) is 0. The van der Waals surface area contributed by atoms with E-state index in [1.807, 2.05) is 11.5 Å². The van der Waals surface area contributed by atoms with Crippen LogP contribution in [0.5, 0.6) is 5.75 Å². The molecule has 0 atom stereocenters. The molecule has 1 aromatic heterocycles. The zero-order valence-corrected chi connectivity index (χ0v) is 13.7. The van der Waals surface area contributed by atoms with Crippen LogP contribution in [0.25, 0.3) is 0 Å². The van der Waals surface area contributed by atoms with Crippen LogP contribution in [-0.2, 0) is 22.2 Å². The molecule has 0 radical (unpaired) electrons. The van der Waals surface area contributed by atoms with Crippen molar-refractivity contribution >= 4 is 35.7 Å². The Morgan fingerprint density at radius 1 is 1.45 bits per heavy atom. The molecule has 1 aromatic carbocycles. The lowest BCUT2D eigenvalue weighted by Gasteiger charge is -2.11. The highest BCUT2D eigenvalue weighted by Gasteiger charge is 2.18. The molecule has 0 N–H and O–H groups in total. The first-order chi connectivity index (χ1) is 9.41. The monoisotopic (exact) mass is 378 g/mol. The van der Waals surface area contributed by atoms with Gasteiger partial charge in [0.05, 0.1) is 18.2 Å². The fraction of sp³-hybridized carbons (Fsp3) is 0.250. The third kappa shape index (κ3) is 3.53. The smallest absolute Gasteiger partial charge is 0.265 e. The van der Waals surface area contributed by atoms with Gasteiger partial charge in [-0.2, -0.15) is 0 Å². The van der Waals surface area contributed by atoms with Gasteiger partial charge >= 0.3 is 0 Å². The van der Waals surface area contributed by atoms with Crippen LogP contribution in [0.15, 0.2) is 40.1 Å². The lowest BCUT2D eigenvalue weighted by molar-refractivity contribution is 0.287. The van der Waals surface area contributed by atoms with Gasteiger partial charge in [0.2, 0.25) is 0 Å².